The highest BCUT2D eigenvalue weighted by Crippen LogP contribution is 2.52. The number of fused-ring (bicyclic) bond motifs is 1. The minimum atomic E-state index is -1.56. The number of carbonyl (C=O) groups is 1. The van der Waals surface area contributed by atoms with Crippen molar-refractivity contribution >= 4 is 17.7 Å². The molecule has 1 saturated heterocycles. The van der Waals surface area contributed by atoms with Crippen LogP contribution in [0.1, 0.15) is 23.5 Å². The Labute approximate surface area is 166 Å². The maximum atomic E-state index is 14.3. The molecule has 2 heterocycles. The van der Waals surface area contributed by atoms with E-state index in [2.05, 4.69) is 6.07 Å². The first-order chi connectivity index (χ1) is 13.5. The summed E-state index contributed by atoms with van der Waals surface area (Å²) in [6, 6.07) is 15.1. The van der Waals surface area contributed by atoms with Crippen LogP contribution in [0.15, 0.2) is 59.1 Å². The second-order valence-corrected chi connectivity index (χ2v) is 7.64. The van der Waals surface area contributed by atoms with Crippen LogP contribution in [0.3, 0.4) is 0 Å². The molecular formula is C21H17FN2O3S. The van der Waals surface area contributed by atoms with Gasteiger partial charge in [0.25, 0.3) is 0 Å². The van der Waals surface area contributed by atoms with E-state index < -0.39 is 17.5 Å². The Morgan fingerprint density at radius 3 is 2.64 bits per heavy atom. The van der Waals surface area contributed by atoms with Crippen molar-refractivity contribution in [2.24, 2.45) is 0 Å². The van der Waals surface area contributed by atoms with E-state index in [0.29, 0.717) is 27.5 Å². The summed E-state index contributed by atoms with van der Waals surface area (Å²) >= 11 is 1.24. The zero-order chi connectivity index (χ0) is 19.9. The van der Waals surface area contributed by atoms with Crippen molar-refractivity contribution in [3.63, 3.8) is 0 Å². The van der Waals surface area contributed by atoms with Crippen molar-refractivity contribution in [2.45, 2.75) is 18.1 Å². The van der Waals surface area contributed by atoms with Gasteiger partial charge in [-0.05, 0) is 23.8 Å². The van der Waals surface area contributed by atoms with Gasteiger partial charge in [-0.15, -0.1) is 11.8 Å². The van der Waals surface area contributed by atoms with Crippen LogP contribution >= 0.6 is 11.8 Å². The number of methoxy groups -OCH3 is 1. The molecule has 2 aliphatic heterocycles. The van der Waals surface area contributed by atoms with E-state index in [0.717, 1.165) is 0 Å². The average molecular weight is 396 g/mol. The lowest BCUT2D eigenvalue weighted by molar-refractivity contribution is -0.149. The van der Waals surface area contributed by atoms with Gasteiger partial charge in [-0.2, -0.15) is 5.26 Å². The first kappa shape index (κ1) is 18.5. The van der Waals surface area contributed by atoms with E-state index in [1.807, 2.05) is 0 Å². The largest absolute Gasteiger partial charge is 0.497 e. The standard InChI is InChI=1S/C21H17FN2O3S/c1-27-14-8-6-13(7-9-14)21(26)12-28-20-17(11-23)16(10-19(25)24(20)21)15-4-2-3-5-18(15)22/h2-9,16,26H,10,12H2,1H3/t16-,21-/m1/s1. The molecule has 0 radical (unpaired) electrons. The van der Waals surface area contributed by atoms with Crippen LogP contribution in [0.2, 0.25) is 0 Å². The highest BCUT2D eigenvalue weighted by atomic mass is 32.2. The summed E-state index contributed by atoms with van der Waals surface area (Å²) in [6.45, 7) is 0. The monoisotopic (exact) mass is 396 g/mol. The van der Waals surface area contributed by atoms with E-state index in [9.17, 15) is 19.6 Å². The number of carbonyl (C=O) groups excluding carboxylic acids is 1. The van der Waals surface area contributed by atoms with E-state index in [1.165, 1.54) is 22.7 Å². The fourth-order valence-corrected chi connectivity index (χ4v) is 5.08. The molecule has 2 aromatic rings. The second-order valence-electron chi connectivity index (χ2n) is 6.67. The molecule has 1 amide bonds. The number of rotatable bonds is 3. The highest BCUT2D eigenvalue weighted by Gasteiger charge is 2.52. The summed E-state index contributed by atoms with van der Waals surface area (Å²) in [5, 5.41) is 21.5. The molecule has 2 aromatic carbocycles. The summed E-state index contributed by atoms with van der Waals surface area (Å²) < 4.78 is 19.5. The lowest BCUT2D eigenvalue weighted by Crippen LogP contribution is -2.48. The number of halogens is 1. The van der Waals surface area contributed by atoms with E-state index in [-0.39, 0.29) is 18.1 Å². The Balaban J connectivity index is 1.80. The molecule has 1 fully saturated rings. The quantitative estimate of drug-likeness (QED) is 0.860. The Bertz CT molecular complexity index is 1020. The third-order valence-electron chi connectivity index (χ3n) is 5.14. The molecule has 4 rings (SSSR count). The first-order valence-electron chi connectivity index (χ1n) is 8.71. The maximum Gasteiger partial charge on any atom is 0.231 e. The van der Waals surface area contributed by atoms with Gasteiger partial charge in [0.2, 0.25) is 5.91 Å². The van der Waals surface area contributed by atoms with Crippen molar-refractivity contribution in [3.8, 4) is 11.8 Å². The molecule has 7 heteroatoms. The predicted octanol–water partition coefficient (Wildman–Crippen LogP) is 3.48. The zero-order valence-corrected chi connectivity index (χ0v) is 15.9. The second kappa shape index (κ2) is 6.97. The predicted molar refractivity (Wildman–Crippen MR) is 103 cm³/mol. The molecule has 0 bridgehead atoms. The highest BCUT2D eigenvalue weighted by molar-refractivity contribution is 8.03. The van der Waals surface area contributed by atoms with Gasteiger partial charge >= 0.3 is 0 Å². The van der Waals surface area contributed by atoms with Crippen molar-refractivity contribution in [3.05, 3.63) is 76.1 Å². The number of ether oxygens (including phenoxy) is 1. The first-order valence-corrected chi connectivity index (χ1v) is 9.69. The average Bonchev–Trinajstić information content (AvgIpc) is 3.07. The summed E-state index contributed by atoms with van der Waals surface area (Å²) in [7, 11) is 1.55. The number of thioether (sulfide) groups is 1. The topological polar surface area (TPSA) is 73.6 Å². The third-order valence-corrected chi connectivity index (χ3v) is 6.37. The summed E-state index contributed by atoms with van der Waals surface area (Å²) in [5.41, 5.74) is -0.406. The summed E-state index contributed by atoms with van der Waals surface area (Å²) in [4.78, 5) is 14.3. The third kappa shape index (κ3) is 2.77. The molecule has 2 aliphatic rings. The molecule has 0 aromatic heterocycles. The number of aliphatic hydroxyl groups is 1. The van der Waals surface area contributed by atoms with Gasteiger partial charge in [-0.3, -0.25) is 9.69 Å². The van der Waals surface area contributed by atoms with Gasteiger partial charge in [0, 0.05) is 17.9 Å². The lowest BCUT2D eigenvalue weighted by atomic mass is 9.85. The smallest absolute Gasteiger partial charge is 0.231 e. The van der Waals surface area contributed by atoms with Gasteiger partial charge in [-0.1, -0.05) is 30.3 Å². The molecular weight excluding hydrogens is 379 g/mol. The van der Waals surface area contributed by atoms with Gasteiger partial charge in [0.1, 0.15) is 11.6 Å². The number of benzene rings is 2. The number of hydrogen-bond donors (Lipinski definition) is 1. The molecule has 28 heavy (non-hydrogen) atoms. The van der Waals surface area contributed by atoms with Crippen molar-refractivity contribution in [1.29, 1.82) is 5.26 Å². The Hall–Kier alpha value is -2.82. The number of nitrogens with zero attached hydrogens (tertiary/aromatic N) is 2. The normalized spacial score (nSPS) is 24.1. The minimum Gasteiger partial charge on any atom is -0.497 e. The van der Waals surface area contributed by atoms with Crippen molar-refractivity contribution in [1.82, 2.24) is 4.90 Å². The summed E-state index contributed by atoms with van der Waals surface area (Å²) in [6.07, 6.45) is -0.0770. The van der Waals surface area contributed by atoms with Crippen LogP contribution in [0.25, 0.3) is 0 Å². The molecule has 2 atom stereocenters. The van der Waals surface area contributed by atoms with Crippen LogP contribution < -0.4 is 4.74 Å². The number of allylic oxidation sites excluding steroid dienone is 1. The minimum absolute atomic E-state index is 0.0770. The fraction of sp³-hybridized carbons (Fsp3) is 0.238. The maximum absolute atomic E-state index is 14.3. The Kier molecular flexibility index (Phi) is 4.61. The SMILES string of the molecule is COc1ccc([C@]2(O)CSC3=C(C#N)[C@@H](c4ccccc4F)CC(=O)N32)cc1. The molecule has 0 saturated carbocycles. The van der Waals surface area contributed by atoms with Gasteiger partial charge in [0.15, 0.2) is 5.72 Å². The Morgan fingerprint density at radius 1 is 1.29 bits per heavy atom. The van der Waals surface area contributed by atoms with E-state index in [4.69, 9.17) is 4.74 Å². The fourth-order valence-electron chi connectivity index (χ4n) is 3.72. The molecule has 0 spiro atoms. The van der Waals surface area contributed by atoms with Crippen LogP contribution in [-0.2, 0) is 10.5 Å². The molecule has 5 nitrogen and oxygen atoms in total. The van der Waals surface area contributed by atoms with E-state index >= 15 is 0 Å². The number of hydrogen-bond acceptors (Lipinski definition) is 5. The van der Waals surface area contributed by atoms with Gasteiger partial charge < -0.3 is 9.84 Å². The van der Waals surface area contributed by atoms with Crippen LogP contribution in [0.5, 0.6) is 5.75 Å². The zero-order valence-electron chi connectivity index (χ0n) is 15.1. The van der Waals surface area contributed by atoms with Crippen LogP contribution in [0.4, 0.5) is 4.39 Å². The van der Waals surface area contributed by atoms with Gasteiger partial charge in [-0.25, -0.2) is 4.39 Å². The Morgan fingerprint density at radius 2 is 2.00 bits per heavy atom. The van der Waals surface area contributed by atoms with Crippen molar-refractivity contribution < 1.29 is 19.0 Å². The van der Waals surface area contributed by atoms with Gasteiger partial charge in [0.05, 0.1) is 29.5 Å². The molecule has 1 N–H and O–H groups in total. The summed E-state index contributed by atoms with van der Waals surface area (Å²) in [5.74, 6) is -0.622. The van der Waals surface area contributed by atoms with Crippen LogP contribution in [0, 0.1) is 17.1 Å². The molecule has 0 aliphatic carbocycles. The van der Waals surface area contributed by atoms with Crippen LogP contribution in [-0.4, -0.2) is 28.8 Å². The molecule has 0 unspecified atom stereocenters. The van der Waals surface area contributed by atoms with E-state index in [1.54, 1.807) is 49.6 Å². The number of nitriles is 1. The molecule has 142 valence electrons. The van der Waals surface area contributed by atoms with Crippen molar-refractivity contribution in [2.75, 3.05) is 12.9 Å². The number of amides is 1. The lowest BCUT2D eigenvalue weighted by Gasteiger charge is -2.38.